The van der Waals surface area contributed by atoms with Crippen LogP contribution in [0.1, 0.15) is 33.4 Å². The molecule has 0 saturated carbocycles. The van der Waals surface area contributed by atoms with Gasteiger partial charge in [-0.3, -0.25) is 14.7 Å². The van der Waals surface area contributed by atoms with Gasteiger partial charge in [0.05, 0.1) is 21.3 Å². The average molecular weight is 1110 g/mol. The number of piperazine rings is 3. The van der Waals surface area contributed by atoms with Crippen LogP contribution in [0, 0.1) is 0 Å². The number of nitrogens with zero attached hydrogens (tertiary/aromatic N) is 3. The first-order chi connectivity index (χ1) is 39.7. The molecule has 81 heavy (non-hydrogen) atoms. The molecule has 3 aliphatic rings. The number of para-hydroxylation sites is 3. The van der Waals surface area contributed by atoms with Gasteiger partial charge in [0.2, 0.25) is 0 Å². The minimum absolute atomic E-state index is 0.323. The van der Waals surface area contributed by atoms with E-state index in [1.54, 1.807) is 21.3 Å². The number of nitrogens with one attached hydrogen (secondary N) is 3. The zero-order valence-corrected chi connectivity index (χ0v) is 48.2. The van der Waals surface area contributed by atoms with E-state index in [1.807, 2.05) is 91.0 Å². The molecule has 0 aliphatic carbocycles. The van der Waals surface area contributed by atoms with E-state index in [0.29, 0.717) is 39.5 Å². The Kier molecular flexibility index (Phi) is 27.4. The maximum absolute atomic E-state index is 10.3. The number of β-amino-alcohol motifs (C(OH)–C–C–N with tert-alkyl or cyclic N) is 3. The average Bonchev–Trinajstić information content (AvgIpc) is 3.52. The van der Waals surface area contributed by atoms with Crippen molar-refractivity contribution >= 4 is 0 Å². The zero-order valence-electron chi connectivity index (χ0n) is 48.2. The summed E-state index contributed by atoms with van der Waals surface area (Å²) >= 11 is 0. The van der Waals surface area contributed by atoms with E-state index in [2.05, 4.69) is 85.2 Å². The maximum atomic E-state index is 10.3. The van der Waals surface area contributed by atoms with Gasteiger partial charge < -0.3 is 59.7 Å². The van der Waals surface area contributed by atoms with Crippen molar-refractivity contribution in [3.8, 4) is 34.5 Å². The second kappa shape index (κ2) is 35.6. The summed E-state index contributed by atoms with van der Waals surface area (Å²) in [4.78, 5) is 6.83. The van der Waals surface area contributed by atoms with Gasteiger partial charge >= 0.3 is 0 Å². The Morgan fingerprint density at radius 3 is 0.840 bits per heavy atom. The molecule has 6 N–H and O–H groups in total. The molecule has 1 unspecified atom stereocenters. The van der Waals surface area contributed by atoms with Crippen LogP contribution < -0.4 is 44.4 Å². The van der Waals surface area contributed by atoms with E-state index >= 15 is 0 Å². The number of aryl methyl sites for hydroxylation is 6. The third-order valence-electron chi connectivity index (χ3n) is 14.8. The molecule has 3 atom stereocenters. The lowest BCUT2D eigenvalue weighted by Crippen LogP contribution is -2.47. The predicted molar refractivity (Wildman–Crippen MR) is 323 cm³/mol. The van der Waals surface area contributed by atoms with E-state index in [-0.39, 0.29) is 0 Å². The fraction of sp³-hybridized carbons (Fsp3) is 0.455. The number of hydrogen-bond acceptors (Lipinski definition) is 15. The van der Waals surface area contributed by atoms with Crippen LogP contribution >= 0.6 is 0 Å². The van der Waals surface area contributed by atoms with Gasteiger partial charge in [-0.15, -0.1) is 0 Å². The Labute approximate surface area is 482 Å². The van der Waals surface area contributed by atoms with Gasteiger partial charge in [0, 0.05) is 98.2 Å². The molecule has 0 radical (unpaired) electrons. The van der Waals surface area contributed by atoms with Crippen molar-refractivity contribution in [2.45, 2.75) is 56.8 Å². The van der Waals surface area contributed by atoms with Crippen molar-refractivity contribution in [3.63, 3.8) is 0 Å². The normalized spacial score (nSPS) is 16.1. The van der Waals surface area contributed by atoms with Crippen LogP contribution in [-0.4, -0.2) is 188 Å². The Balaban J connectivity index is 0.000000175. The summed E-state index contributed by atoms with van der Waals surface area (Å²) in [6.07, 6.45) is 4.09. The molecule has 15 nitrogen and oxygen atoms in total. The summed E-state index contributed by atoms with van der Waals surface area (Å²) in [5.41, 5.74) is 7.31. The van der Waals surface area contributed by atoms with E-state index in [4.69, 9.17) is 28.4 Å². The molecule has 9 rings (SSSR count). The molecule has 0 bridgehead atoms. The number of benzene rings is 6. The maximum Gasteiger partial charge on any atom is 0.122 e. The molecule has 6 aromatic rings. The van der Waals surface area contributed by atoms with Crippen LogP contribution in [0.4, 0.5) is 0 Å². The number of rotatable bonds is 27. The number of hydrogen-bond donors (Lipinski definition) is 6. The number of ether oxygens (including phenoxy) is 6. The highest BCUT2D eigenvalue weighted by atomic mass is 16.5. The summed E-state index contributed by atoms with van der Waals surface area (Å²) in [6, 6.07) is 48.8. The predicted octanol–water partition coefficient (Wildman–Crippen LogP) is 6.38. The first-order valence-corrected chi connectivity index (χ1v) is 29.1. The molecule has 3 saturated heterocycles. The minimum Gasteiger partial charge on any atom is -0.497 e. The number of aliphatic hydroxyl groups excluding tert-OH is 3. The highest BCUT2D eigenvalue weighted by molar-refractivity contribution is 5.38. The van der Waals surface area contributed by atoms with Crippen molar-refractivity contribution in [1.29, 1.82) is 0 Å². The van der Waals surface area contributed by atoms with Gasteiger partial charge in [-0.1, -0.05) is 91.0 Å². The van der Waals surface area contributed by atoms with Crippen LogP contribution in [-0.2, 0) is 38.5 Å². The van der Waals surface area contributed by atoms with Crippen LogP contribution in [0.2, 0.25) is 0 Å². The molecular weight excluding hydrogens is 1020 g/mol. The molecular formula is C66H90N6O9. The third-order valence-corrected chi connectivity index (χ3v) is 14.8. The Bertz CT molecular complexity index is 2340. The fourth-order valence-electron chi connectivity index (χ4n) is 10.1. The van der Waals surface area contributed by atoms with Gasteiger partial charge in [-0.2, -0.15) is 0 Å². The van der Waals surface area contributed by atoms with Gasteiger partial charge in [-0.25, -0.2) is 0 Å². The lowest BCUT2D eigenvalue weighted by Gasteiger charge is -2.29. The molecule has 0 amide bonds. The smallest absolute Gasteiger partial charge is 0.122 e. The second-order valence-corrected chi connectivity index (χ2v) is 20.9. The topological polar surface area (TPSA) is 162 Å². The second-order valence-electron chi connectivity index (χ2n) is 20.9. The van der Waals surface area contributed by atoms with Gasteiger partial charge in [0.1, 0.15) is 72.6 Å². The molecule has 3 fully saturated rings. The van der Waals surface area contributed by atoms with Gasteiger partial charge in [0.15, 0.2) is 0 Å². The molecule has 3 heterocycles. The Morgan fingerprint density at radius 2 is 0.593 bits per heavy atom. The van der Waals surface area contributed by atoms with E-state index in [0.717, 1.165) is 152 Å². The summed E-state index contributed by atoms with van der Waals surface area (Å²) in [7, 11) is 5.04. The number of aliphatic hydroxyl groups is 3. The van der Waals surface area contributed by atoms with Crippen molar-refractivity contribution < 1.29 is 43.7 Å². The largest absolute Gasteiger partial charge is 0.497 e. The molecule has 15 heteroatoms. The summed E-state index contributed by atoms with van der Waals surface area (Å²) < 4.78 is 33.5. The lowest BCUT2D eigenvalue weighted by molar-refractivity contribution is 0.0637. The Morgan fingerprint density at radius 1 is 0.346 bits per heavy atom. The number of methoxy groups -OCH3 is 3. The first-order valence-electron chi connectivity index (χ1n) is 29.1. The van der Waals surface area contributed by atoms with Crippen molar-refractivity contribution in [2.24, 2.45) is 0 Å². The first kappa shape index (κ1) is 62.4. The lowest BCUT2D eigenvalue weighted by atomic mass is 10.0. The van der Waals surface area contributed by atoms with Crippen molar-refractivity contribution in [1.82, 2.24) is 30.7 Å². The summed E-state index contributed by atoms with van der Waals surface area (Å²) in [5.74, 6) is 5.23. The molecule has 438 valence electrons. The summed E-state index contributed by atoms with van der Waals surface area (Å²) in [6.45, 7) is 14.8. The molecule has 6 aromatic carbocycles. The molecule has 0 aromatic heterocycles. The van der Waals surface area contributed by atoms with Crippen molar-refractivity contribution in [2.75, 3.05) is 139 Å². The van der Waals surface area contributed by atoms with Crippen molar-refractivity contribution in [3.05, 3.63) is 179 Å². The highest BCUT2D eigenvalue weighted by Crippen LogP contribution is 2.25. The van der Waals surface area contributed by atoms with Crippen LogP contribution in [0.25, 0.3) is 0 Å². The van der Waals surface area contributed by atoms with Crippen LogP contribution in [0.3, 0.4) is 0 Å². The minimum atomic E-state index is -0.474. The van der Waals surface area contributed by atoms with E-state index in [9.17, 15) is 15.3 Å². The standard InChI is InChI=1S/3C22H30N2O3/c3*1-26-21-10-7-18(8-11-21)6-9-19-4-2-3-5-22(19)27-17-20(25)16-24-14-12-23-13-15-24/h3*2-5,7-8,10-11,20,23,25H,6,9,12-17H2,1H3/t2*20-;/m10./s1. The van der Waals surface area contributed by atoms with Crippen LogP contribution in [0.15, 0.2) is 146 Å². The van der Waals surface area contributed by atoms with Gasteiger partial charge in [-0.05, 0) is 127 Å². The van der Waals surface area contributed by atoms with Gasteiger partial charge in [0.25, 0.3) is 0 Å². The molecule has 0 spiro atoms. The zero-order chi connectivity index (χ0) is 56.7. The quantitative estimate of drug-likeness (QED) is 0.0337. The highest BCUT2D eigenvalue weighted by Gasteiger charge is 2.19. The van der Waals surface area contributed by atoms with E-state index < -0.39 is 18.3 Å². The summed E-state index contributed by atoms with van der Waals surface area (Å²) in [5, 5.41) is 40.9. The van der Waals surface area contributed by atoms with Crippen LogP contribution in [0.5, 0.6) is 34.5 Å². The third kappa shape index (κ3) is 22.9. The van der Waals surface area contributed by atoms with E-state index in [1.165, 1.54) is 33.4 Å². The molecule has 3 aliphatic heterocycles. The fourth-order valence-corrected chi connectivity index (χ4v) is 10.1. The Hall–Kier alpha value is -6.24. The monoisotopic (exact) mass is 1110 g/mol. The SMILES string of the molecule is COc1ccc(CCc2ccccc2OCC(O)CN2CCNCC2)cc1.COc1ccc(CCc2ccccc2OC[C@@H](O)CN2CCNCC2)cc1.COc1ccc(CCc2ccccc2OC[C@H](O)CN2CCNCC2)cc1.